The molecule has 0 aliphatic heterocycles. The Balaban J connectivity index is 2.76. The summed E-state index contributed by atoms with van der Waals surface area (Å²) in [4.78, 5) is 0. The Kier molecular flexibility index (Phi) is 2.66. The molecule has 1 rings (SSSR count). The molecule has 1 unspecified atom stereocenters. The van der Waals surface area contributed by atoms with E-state index in [1.54, 1.807) is 7.11 Å². The maximum Gasteiger partial charge on any atom is 0.108 e. The Morgan fingerprint density at radius 2 is 2.27 bits per heavy atom. The van der Waals surface area contributed by atoms with Crippen molar-refractivity contribution in [3.63, 3.8) is 0 Å². The zero-order valence-electron chi connectivity index (χ0n) is 7.08. The van der Waals surface area contributed by atoms with Gasteiger partial charge in [0.25, 0.3) is 0 Å². The lowest BCUT2D eigenvalue weighted by Gasteiger charge is -2.25. The minimum atomic E-state index is -0.177. The Labute approximate surface area is 68.1 Å². The summed E-state index contributed by atoms with van der Waals surface area (Å²) in [6.07, 6.45) is 13.3. The zero-order valence-corrected chi connectivity index (χ0v) is 7.08. The topological polar surface area (TPSA) is 9.23 Å². The van der Waals surface area contributed by atoms with E-state index in [-0.39, 0.29) is 5.60 Å². The van der Waals surface area contributed by atoms with Crippen molar-refractivity contribution in [3.05, 3.63) is 36.5 Å². The molecule has 0 aromatic heterocycles. The first-order valence-electron chi connectivity index (χ1n) is 3.86. The molecule has 1 nitrogen and oxygen atoms in total. The molecular formula is C10H14O. The van der Waals surface area contributed by atoms with Crippen molar-refractivity contribution in [2.45, 2.75) is 18.9 Å². The molecule has 60 valence electrons. The lowest BCUT2D eigenvalue weighted by atomic mass is 9.95. The summed E-state index contributed by atoms with van der Waals surface area (Å²) in [6, 6.07) is 0. The van der Waals surface area contributed by atoms with E-state index >= 15 is 0 Å². The lowest BCUT2D eigenvalue weighted by molar-refractivity contribution is 0.0758. The maximum absolute atomic E-state index is 5.39. The summed E-state index contributed by atoms with van der Waals surface area (Å²) < 4.78 is 5.39. The van der Waals surface area contributed by atoms with Gasteiger partial charge in [-0.25, -0.2) is 0 Å². The van der Waals surface area contributed by atoms with Gasteiger partial charge in [-0.3, -0.25) is 0 Å². The van der Waals surface area contributed by atoms with Gasteiger partial charge in [0.15, 0.2) is 0 Å². The van der Waals surface area contributed by atoms with Crippen LogP contribution in [0.3, 0.4) is 0 Å². The van der Waals surface area contributed by atoms with Gasteiger partial charge in [0.05, 0.1) is 0 Å². The standard InChI is InChI=1S/C10H14O/c1-3-7-10(11-2)8-5-4-6-9-10/h3-8H,9H2,1-2H3. The molecule has 0 saturated carbocycles. The largest absolute Gasteiger partial charge is 0.370 e. The Hall–Kier alpha value is -0.820. The van der Waals surface area contributed by atoms with Crippen LogP contribution >= 0.6 is 0 Å². The van der Waals surface area contributed by atoms with Crippen molar-refractivity contribution in [1.82, 2.24) is 0 Å². The molecular weight excluding hydrogens is 136 g/mol. The fraction of sp³-hybridized carbons (Fsp3) is 0.400. The Morgan fingerprint density at radius 3 is 2.73 bits per heavy atom. The van der Waals surface area contributed by atoms with Crippen LogP contribution in [0.25, 0.3) is 0 Å². The van der Waals surface area contributed by atoms with Crippen LogP contribution in [0.5, 0.6) is 0 Å². The number of ether oxygens (including phenoxy) is 1. The number of rotatable bonds is 2. The van der Waals surface area contributed by atoms with E-state index in [0.717, 1.165) is 6.42 Å². The Morgan fingerprint density at radius 1 is 1.45 bits per heavy atom. The second-order valence-electron chi connectivity index (χ2n) is 2.65. The number of allylic oxidation sites excluding steroid dienone is 3. The lowest BCUT2D eigenvalue weighted by Crippen LogP contribution is -2.26. The molecule has 1 aliphatic rings. The highest BCUT2D eigenvalue weighted by Gasteiger charge is 2.21. The average molecular weight is 150 g/mol. The van der Waals surface area contributed by atoms with Crippen LogP contribution in [0.1, 0.15) is 13.3 Å². The third-order valence-electron chi connectivity index (χ3n) is 1.89. The van der Waals surface area contributed by atoms with E-state index in [4.69, 9.17) is 4.74 Å². The molecule has 0 radical (unpaired) electrons. The molecule has 0 bridgehead atoms. The van der Waals surface area contributed by atoms with Crippen LogP contribution in [0.2, 0.25) is 0 Å². The van der Waals surface area contributed by atoms with Crippen molar-refractivity contribution in [1.29, 1.82) is 0 Å². The molecule has 0 N–H and O–H groups in total. The summed E-state index contributed by atoms with van der Waals surface area (Å²) >= 11 is 0. The van der Waals surface area contributed by atoms with Gasteiger partial charge in [-0.05, 0) is 13.0 Å². The molecule has 0 saturated heterocycles. The summed E-state index contributed by atoms with van der Waals surface area (Å²) in [5.74, 6) is 0. The number of hydrogen-bond donors (Lipinski definition) is 0. The molecule has 0 aromatic carbocycles. The average Bonchev–Trinajstić information content (AvgIpc) is 2.07. The highest BCUT2D eigenvalue weighted by molar-refractivity contribution is 5.24. The number of hydrogen-bond acceptors (Lipinski definition) is 1. The van der Waals surface area contributed by atoms with Crippen molar-refractivity contribution < 1.29 is 4.74 Å². The molecule has 0 amide bonds. The van der Waals surface area contributed by atoms with Gasteiger partial charge in [-0.2, -0.15) is 0 Å². The van der Waals surface area contributed by atoms with Gasteiger partial charge in [-0.1, -0.05) is 30.4 Å². The minimum Gasteiger partial charge on any atom is -0.370 e. The van der Waals surface area contributed by atoms with Crippen LogP contribution in [0.15, 0.2) is 36.5 Å². The summed E-state index contributed by atoms with van der Waals surface area (Å²) in [5.41, 5.74) is -0.177. The van der Waals surface area contributed by atoms with E-state index in [9.17, 15) is 0 Å². The molecule has 1 atom stereocenters. The fourth-order valence-corrected chi connectivity index (χ4v) is 1.24. The van der Waals surface area contributed by atoms with Crippen LogP contribution in [0.4, 0.5) is 0 Å². The monoisotopic (exact) mass is 150 g/mol. The molecule has 0 spiro atoms. The molecule has 0 fully saturated rings. The zero-order chi connectivity index (χ0) is 8.16. The van der Waals surface area contributed by atoms with Crippen LogP contribution < -0.4 is 0 Å². The second-order valence-corrected chi connectivity index (χ2v) is 2.65. The molecule has 11 heavy (non-hydrogen) atoms. The third-order valence-corrected chi connectivity index (χ3v) is 1.89. The van der Waals surface area contributed by atoms with E-state index in [2.05, 4.69) is 18.2 Å². The van der Waals surface area contributed by atoms with Crippen LogP contribution in [-0.2, 0) is 4.74 Å². The highest BCUT2D eigenvalue weighted by atomic mass is 16.5. The van der Waals surface area contributed by atoms with Gasteiger partial charge in [0.1, 0.15) is 5.60 Å². The maximum atomic E-state index is 5.39. The van der Waals surface area contributed by atoms with Crippen molar-refractivity contribution >= 4 is 0 Å². The first-order valence-corrected chi connectivity index (χ1v) is 3.86. The van der Waals surface area contributed by atoms with Crippen LogP contribution in [-0.4, -0.2) is 12.7 Å². The third kappa shape index (κ3) is 1.81. The smallest absolute Gasteiger partial charge is 0.108 e. The first kappa shape index (κ1) is 8.28. The fourth-order valence-electron chi connectivity index (χ4n) is 1.24. The van der Waals surface area contributed by atoms with E-state index in [1.165, 1.54) is 0 Å². The van der Waals surface area contributed by atoms with Gasteiger partial charge >= 0.3 is 0 Å². The van der Waals surface area contributed by atoms with Gasteiger partial charge in [0.2, 0.25) is 0 Å². The normalized spacial score (nSPS) is 30.0. The first-order chi connectivity index (χ1) is 5.33. The highest BCUT2D eigenvalue weighted by Crippen LogP contribution is 2.22. The number of methoxy groups -OCH3 is 1. The second kappa shape index (κ2) is 3.54. The van der Waals surface area contributed by atoms with E-state index < -0.39 is 0 Å². The summed E-state index contributed by atoms with van der Waals surface area (Å²) in [7, 11) is 1.74. The Bertz CT molecular complexity index is 201. The van der Waals surface area contributed by atoms with Crippen LogP contribution in [0, 0.1) is 0 Å². The van der Waals surface area contributed by atoms with E-state index in [1.807, 2.05) is 25.2 Å². The van der Waals surface area contributed by atoms with Gasteiger partial charge < -0.3 is 4.74 Å². The predicted octanol–water partition coefficient (Wildman–Crippen LogP) is 2.46. The molecule has 1 heteroatoms. The molecule has 0 heterocycles. The summed E-state index contributed by atoms with van der Waals surface area (Å²) in [5, 5.41) is 0. The molecule has 0 aromatic rings. The predicted molar refractivity (Wildman–Crippen MR) is 47.5 cm³/mol. The van der Waals surface area contributed by atoms with Crippen molar-refractivity contribution in [2.75, 3.05) is 7.11 Å². The van der Waals surface area contributed by atoms with Gasteiger partial charge in [-0.15, -0.1) is 0 Å². The quantitative estimate of drug-likeness (QED) is 0.549. The SMILES string of the molecule is CC=CC1(OC)C=CC=CC1. The van der Waals surface area contributed by atoms with Crippen molar-refractivity contribution in [2.24, 2.45) is 0 Å². The summed E-state index contributed by atoms with van der Waals surface area (Å²) in [6.45, 7) is 2.01. The van der Waals surface area contributed by atoms with Gasteiger partial charge in [0, 0.05) is 13.5 Å². The van der Waals surface area contributed by atoms with Crippen molar-refractivity contribution in [3.8, 4) is 0 Å². The van der Waals surface area contributed by atoms with E-state index in [0.29, 0.717) is 0 Å². The molecule has 1 aliphatic carbocycles. The minimum absolute atomic E-state index is 0.177.